The molecule has 12 nitrogen and oxygen atoms in total. The van der Waals surface area contributed by atoms with Gasteiger partial charge in [-0.15, -0.1) is 25.6 Å². The molecule has 13 heteroatoms. The van der Waals surface area contributed by atoms with Crippen LogP contribution in [0.25, 0.3) is 43.1 Å². The lowest BCUT2D eigenvalue weighted by Crippen LogP contribution is -2.08. The van der Waals surface area contributed by atoms with Crippen LogP contribution in [0.3, 0.4) is 0 Å². The molecule has 0 unspecified atom stereocenters. The minimum Gasteiger partial charge on any atom is -0.504 e. The van der Waals surface area contributed by atoms with E-state index in [9.17, 15) is 13.5 Å². The highest BCUT2D eigenvalue weighted by Gasteiger charge is 2.13. The van der Waals surface area contributed by atoms with Crippen molar-refractivity contribution >= 4 is 87.3 Å². The maximum atomic E-state index is 11.1. The summed E-state index contributed by atoms with van der Waals surface area (Å²) in [5.74, 6) is 0.573. The van der Waals surface area contributed by atoms with Gasteiger partial charge in [0, 0.05) is 43.8 Å². The summed E-state index contributed by atoms with van der Waals surface area (Å²) in [5, 5.41) is 44.8. The van der Waals surface area contributed by atoms with Gasteiger partial charge in [0.05, 0.1) is 53.6 Å². The monoisotopic (exact) mass is 774 g/mol. The van der Waals surface area contributed by atoms with Crippen molar-refractivity contribution in [2.24, 2.45) is 30.7 Å². The number of methoxy groups -OCH3 is 1. The molecule has 0 aliphatic heterocycles. The lowest BCUT2D eigenvalue weighted by Gasteiger charge is -2.09. The van der Waals surface area contributed by atoms with Crippen molar-refractivity contribution in [1.29, 1.82) is 0 Å². The number of benzene rings is 8. The molecule has 0 spiro atoms. The van der Waals surface area contributed by atoms with E-state index in [0.717, 1.165) is 37.7 Å². The minimum absolute atomic E-state index is 0.0540. The summed E-state index contributed by atoms with van der Waals surface area (Å²) in [5.41, 5.74) is 3.78. The van der Waals surface area contributed by atoms with Crippen molar-refractivity contribution in [3.63, 3.8) is 0 Å². The molecule has 0 aromatic heterocycles. The molecule has 0 radical (unpaired) electrons. The summed E-state index contributed by atoms with van der Waals surface area (Å²) in [6.45, 7) is 0.129. The first-order valence-electron chi connectivity index (χ1n) is 17.9. The molecule has 8 rings (SSSR count). The maximum absolute atomic E-state index is 11.1. The SMILES string of the molecule is COc1cc(N=Nc2ccc(N=Nc3ccc(N=Nc4ccc5cccc(OCCCS(=O)(=O)O)c5c4)c4ccccc34)c3ccccc23)c2ccccc2c1O. The van der Waals surface area contributed by atoms with E-state index in [-0.39, 0.29) is 24.5 Å². The Labute approximate surface area is 327 Å². The first-order chi connectivity index (χ1) is 27.8. The molecule has 8 aromatic rings. The first kappa shape index (κ1) is 36.9. The molecule has 0 fully saturated rings. The van der Waals surface area contributed by atoms with Crippen molar-refractivity contribution in [2.45, 2.75) is 6.42 Å². The second-order valence-electron chi connectivity index (χ2n) is 13.0. The molecule has 2 N–H and O–H groups in total. The van der Waals surface area contributed by atoms with Crippen molar-refractivity contribution in [3.8, 4) is 17.2 Å². The van der Waals surface area contributed by atoms with Crippen LogP contribution in [0.4, 0.5) is 34.1 Å². The van der Waals surface area contributed by atoms with Crippen molar-refractivity contribution in [2.75, 3.05) is 19.5 Å². The molecule has 0 bridgehead atoms. The standard InChI is InChI=1S/C44H34N6O6S/c1-55-43-27-41(34-15-6-7-16-35(34)44(43)51)50-49-40-23-22-39(32-13-4-5-14-33(32)40)48-47-38-21-20-37(30-11-2-3-12-31(30)38)46-45-29-19-18-28-10-8-17-42(36(28)26-29)56-24-9-25-57(52,53)54/h2-8,10-23,26-27,51H,9,24-25H2,1H3,(H,52,53,54). The normalized spacial score (nSPS) is 12.2. The van der Waals surface area contributed by atoms with Crippen LogP contribution in [0, 0.1) is 0 Å². The summed E-state index contributed by atoms with van der Waals surface area (Å²) in [6.07, 6.45) is 0.157. The van der Waals surface area contributed by atoms with Gasteiger partial charge in [-0.3, -0.25) is 4.55 Å². The van der Waals surface area contributed by atoms with Crippen LogP contribution in [-0.2, 0) is 10.1 Å². The number of aromatic hydroxyl groups is 1. The molecule has 282 valence electrons. The number of hydrogen-bond donors (Lipinski definition) is 2. The third kappa shape index (κ3) is 8.01. The Hall–Kier alpha value is -7.09. The van der Waals surface area contributed by atoms with Crippen LogP contribution in [0.15, 0.2) is 170 Å². The van der Waals surface area contributed by atoms with Gasteiger partial charge in [-0.05, 0) is 54.3 Å². The molecule has 0 aliphatic rings. The molecule has 0 aliphatic carbocycles. The van der Waals surface area contributed by atoms with E-state index >= 15 is 0 Å². The van der Waals surface area contributed by atoms with E-state index in [0.29, 0.717) is 51.0 Å². The average molecular weight is 775 g/mol. The number of ether oxygens (including phenoxy) is 2. The zero-order chi connectivity index (χ0) is 39.4. The van der Waals surface area contributed by atoms with Crippen LogP contribution in [0.1, 0.15) is 6.42 Å². The van der Waals surface area contributed by atoms with Gasteiger partial charge < -0.3 is 14.6 Å². The second-order valence-corrected chi connectivity index (χ2v) is 14.6. The zero-order valence-corrected chi connectivity index (χ0v) is 31.3. The number of hydrogen-bond acceptors (Lipinski definition) is 11. The quantitative estimate of drug-likeness (QED) is 0.0711. The first-order valence-corrected chi connectivity index (χ1v) is 19.5. The van der Waals surface area contributed by atoms with Crippen LogP contribution < -0.4 is 9.47 Å². The highest BCUT2D eigenvalue weighted by Crippen LogP contribution is 2.42. The number of azo groups is 3. The lowest BCUT2D eigenvalue weighted by atomic mass is 10.1. The topological polar surface area (TPSA) is 167 Å². The van der Waals surface area contributed by atoms with Crippen molar-refractivity contribution < 1.29 is 27.6 Å². The molecular weight excluding hydrogens is 741 g/mol. The molecule has 8 aromatic carbocycles. The minimum atomic E-state index is -4.06. The third-order valence-corrected chi connectivity index (χ3v) is 10.2. The second kappa shape index (κ2) is 15.9. The summed E-state index contributed by atoms with van der Waals surface area (Å²) in [6, 6.07) is 43.4. The lowest BCUT2D eigenvalue weighted by molar-refractivity contribution is 0.320. The average Bonchev–Trinajstić information content (AvgIpc) is 3.23. The van der Waals surface area contributed by atoms with E-state index in [1.54, 1.807) is 12.1 Å². The fourth-order valence-corrected chi connectivity index (χ4v) is 7.09. The van der Waals surface area contributed by atoms with Crippen molar-refractivity contribution in [1.82, 2.24) is 0 Å². The van der Waals surface area contributed by atoms with E-state index in [1.807, 2.05) is 127 Å². The fraction of sp³-hybridized carbons (Fsp3) is 0.0909. The molecule has 0 saturated carbocycles. The molecule has 0 atom stereocenters. The zero-order valence-electron chi connectivity index (χ0n) is 30.5. The molecular formula is C44H34N6O6S. The highest BCUT2D eigenvalue weighted by molar-refractivity contribution is 7.85. The Morgan fingerprint density at radius 1 is 0.509 bits per heavy atom. The highest BCUT2D eigenvalue weighted by atomic mass is 32.2. The summed E-state index contributed by atoms with van der Waals surface area (Å²) < 4.78 is 42.4. The van der Waals surface area contributed by atoms with Gasteiger partial charge in [-0.2, -0.15) is 13.5 Å². The van der Waals surface area contributed by atoms with E-state index in [2.05, 4.69) is 30.7 Å². The van der Waals surface area contributed by atoms with E-state index in [1.165, 1.54) is 7.11 Å². The Kier molecular flexibility index (Phi) is 10.3. The van der Waals surface area contributed by atoms with Gasteiger partial charge in [0.1, 0.15) is 5.75 Å². The Morgan fingerprint density at radius 3 is 1.53 bits per heavy atom. The van der Waals surface area contributed by atoms with E-state index in [4.69, 9.17) is 14.0 Å². The Bertz CT molecular complexity index is 3020. The smallest absolute Gasteiger partial charge is 0.264 e. The van der Waals surface area contributed by atoms with Crippen LogP contribution in [-0.4, -0.2) is 37.5 Å². The molecule has 0 heterocycles. The van der Waals surface area contributed by atoms with Crippen LogP contribution in [0.2, 0.25) is 0 Å². The van der Waals surface area contributed by atoms with Gasteiger partial charge in [0.15, 0.2) is 11.5 Å². The van der Waals surface area contributed by atoms with Gasteiger partial charge in [0.2, 0.25) is 0 Å². The number of rotatable bonds is 12. The van der Waals surface area contributed by atoms with Gasteiger partial charge in [-0.25, -0.2) is 0 Å². The number of nitrogens with zero attached hydrogens (tertiary/aromatic N) is 6. The summed E-state index contributed by atoms with van der Waals surface area (Å²) in [4.78, 5) is 0. The predicted octanol–water partition coefficient (Wildman–Crippen LogP) is 12.9. The predicted molar refractivity (Wildman–Crippen MR) is 223 cm³/mol. The molecule has 57 heavy (non-hydrogen) atoms. The Balaban J connectivity index is 1.06. The Morgan fingerprint density at radius 2 is 1.00 bits per heavy atom. The maximum Gasteiger partial charge on any atom is 0.264 e. The third-order valence-electron chi connectivity index (χ3n) is 9.37. The van der Waals surface area contributed by atoms with Crippen LogP contribution >= 0.6 is 0 Å². The van der Waals surface area contributed by atoms with Gasteiger partial charge in [-0.1, -0.05) is 91.0 Å². The number of fused-ring (bicyclic) bond motifs is 4. The van der Waals surface area contributed by atoms with Crippen LogP contribution in [0.5, 0.6) is 17.2 Å². The van der Waals surface area contributed by atoms with Crippen molar-refractivity contribution in [3.05, 3.63) is 140 Å². The summed E-state index contributed by atoms with van der Waals surface area (Å²) >= 11 is 0. The summed E-state index contributed by atoms with van der Waals surface area (Å²) in [7, 11) is -2.56. The van der Waals surface area contributed by atoms with Gasteiger partial charge >= 0.3 is 0 Å². The van der Waals surface area contributed by atoms with Gasteiger partial charge in [0.25, 0.3) is 10.1 Å². The fourth-order valence-electron chi connectivity index (χ4n) is 6.61. The molecule has 0 saturated heterocycles. The molecule has 0 amide bonds. The largest absolute Gasteiger partial charge is 0.504 e. The number of phenols is 1. The number of phenolic OH excluding ortho intramolecular Hbond substituents is 1. The van der Waals surface area contributed by atoms with E-state index < -0.39 is 10.1 Å².